The molecule has 0 bridgehead atoms. The normalized spacial score (nSPS) is 18.5. The van der Waals surface area contributed by atoms with Crippen LogP contribution in [0.15, 0.2) is 27.1 Å². The molecule has 4 N–H and O–H groups in total. The molecule has 11 heteroatoms. The molecule has 11 nitrogen and oxygen atoms in total. The van der Waals surface area contributed by atoms with Crippen molar-refractivity contribution in [2.45, 2.75) is 122 Å². The Morgan fingerprint density at radius 1 is 1.00 bits per heavy atom. The van der Waals surface area contributed by atoms with Gasteiger partial charge in [0.2, 0.25) is 5.79 Å². The second-order valence-electron chi connectivity index (χ2n) is 11.3. The van der Waals surface area contributed by atoms with E-state index in [1.165, 1.54) is 44.9 Å². The van der Waals surface area contributed by atoms with Gasteiger partial charge in [0, 0.05) is 6.42 Å². The lowest BCUT2D eigenvalue weighted by molar-refractivity contribution is -0.147. The van der Waals surface area contributed by atoms with Crippen LogP contribution in [0.25, 0.3) is 0 Å². The second kappa shape index (κ2) is 20.1. The van der Waals surface area contributed by atoms with Gasteiger partial charge in [-0.25, -0.2) is 15.0 Å². The van der Waals surface area contributed by atoms with Gasteiger partial charge in [-0.05, 0) is 57.4 Å². The minimum absolute atomic E-state index is 0.00429. The van der Waals surface area contributed by atoms with E-state index in [1.807, 2.05) is 13.8 Å². The highest BCUT2D eigenvalue weighted by Gasteiger charge is 2.41. The van der Waals surface area contributed by atoms with Gasteiger partial charge in [0.1, 0.15) is 19.0 Å². The Morgan fingerprint density at radius 3 is 2.40 bits per heavy atom. The number of amidine groups is 1. The first-order valence-corrected chi connectivity index (χ1v) is 15.8. The molecule has 0 saturated carbocycles. The van der Waals surface area contributed by atoms with Gasteiger partial charge in [-0.15, -0.1) is 0 Å². The molecule has 2 aliphatic heterocycles. The van der Waals surface area contributed by atoms with E-state index in [1.54, 1.807) is 0 Å². The number of rotatable bonds is 23. The Bertz CT molecular complexity index is 977. The lowest BCUT2D eigenvalue weighted by atomic mass is 10.1. The van der Waals surface area contributed by atoms with Crippen molar-refractivity contribution in [2.24, 2.45) is 26.6 Å². The van der Waals surface area contributed by atoms with E-state index in [9.17, 15) is 14.4 Å². The molecule has 42 heavy (non-hydrogen) atoms. The van der Waals surface area contributed by atoms with E-state index < -0.39 is 23.7 Å². The number of ether oxygens (including phenoxy) is 2. The molecule has 0 saturated heterocycles. The molecular weight excluding hydrogens is 536 g/mol. The number of nitrogens with one attached hydrogen (secondary N) is 2. The highest BCUT2D eigenvalue weighted by Crippen LogP contribution is 2.15. The molecule has 0 fully saturated rings. The number of carbonyl (C=O) groups excluding carboxylic acids is 3. The van der Waals surface area contributed by atoms with E-state index in [0.29, 0.717) is 25.8 Å². The summed E-state index contributed by atoms with van der Waals surface area (Å²) in [4.78, 5) is 49.5. The molecule has 0 aromatic rings. The average Bonchev–Trinajstić information content (AvgIpc) is 3.44. The van der Waals surface area contributed by atoms with Crippen molar-refractivity contribution in [1.29, 1.82) is 0 Å². The van der Waals surface area contributed by atoms with Gasteiger partial charge in [0.05, 0.1) is 6.61 Å². The number of carbonyl (C=O) groups is 3. The van der Waals surface area contributed by atoms with Crippen LogP contribution in [-0.4, -0.2) is 67.3 Å². The van der Waals surface area contributed by atoms with Gasteiger partial charge in [-0.2, -0.15) is 0 Å². The van der Waals surface area contributed by atoms with Crippen molar-refractivity contribution in [2.75, 3.05) is 19.8 Å². The van der Waals surface area contributed by atoms with Crippen LogP contribution in [0.2, 0.25) is 0 Å². The minimum atomic E-state index is -1.34. The van der Waals surface area contributed by atoms with Crippen molar-refractivity contribution in [1.82, 2.24) is 10.6 Å². The van der Waals surface area contributed by atoms with Gasteiger partial charge < -0.3 is 20.5 Å². The number of hydrogen-bond donors (Lipinski definition) is 3. The molecule has 0 radical (unpaired) electrons. The number of allylic oxidation sites excluding steroid dienone is 2. The standard InChI is InChI=1S/C31H52N6O5/c1-4-5-6-7-8-9-10-11-12-13-14-15-16-19-25(38)42-22-31(36-28-27(29(39)37-31)33-23-34-28)35-20-17-18-21-41-30(40)26(32)24(2)3/h9-10,23-24,26,35H,4-8,11-22,32H2,1-3H3,(H,37,39)/t26-,31?/m0/s1. The zero-order chi connectivity index (χ0) is 30.6. The molecule has 0 aromatic heterocycles. The molecule has 0 aliphatic carbocycles. The summed E-state index contributed by atoms with van der Waals surface area (Å²) in [7, 11) is 0. The smallest absolute Gasteiger partial charge is 0.323 e. The number of unbranched alkanes of at least 4 members (excludes halogenated alkanes) is 10. The van der Waals surface area contributed by atoms with Gasteiger partial charge in [0.25, 0.3) is 5.91 Å². The quantitative estimate of drug-likeness (QED) is 0.0910. The number of nitrogens with zero attached hydrogens (tertiary/aromatic N) is 3. The Labute approximate surface area is 251 Å². The SMILES string of the molecule is CCCCCCC=CCCCCCCCC(=O)OCC1(NCCCCOC(=O)[C@@H](N)C(C)C)N=C2N=CN=C2C(=O)N1. The van der Waals surface area contributed by atoms with Crippen molar-refractivity contribution in [3.8, 4) is 0 Å². The molecule has 0 spiro atoms. The first kappa shape index (κ1) is 35.3. The summed E-state index contributed by atoms with van der Waals surface area (Å²) in [5.41, 5.74) is 5.94. The van der Waals surface area contributed by atoms with Crippen LogP contribution in [0.3, 0.4) is 0 Å². The molecule has 0 aromatic carbocycles. The van der Waals surface area contributed by atoms with Crippen molar-refractivity contribution in [3.63, 3.8) is 0 Å². The monoisotopic (exact) mass is 588 g/mol. The summed E-state index contributed by atoms with van der Waals surface area (Å²) in [5, 5.41) is 5.96. The van der Waals surface area contributed by atoms with Crippen LogP contribution in [0.4, 0.5) is 0 Å². The predicted octanol–water partition coefficient (Wildman–Crippen LogP) is 4.35. The highest BCUT2D eigenvalue weighted by atomic mass is 16.5. The number of esters is 2. The second-order valence-corrected chi connectivity index (χ2v) is 11.3. The number of aliphatic imine (C=N–C) groups is 3. The van der Waals surface area contributed by atoms with Gasteiger partial charge in [-0.3, -0.25) is 19.7 Å². The summed E-state index contributed by atoms with van der Waals surface area (Å²) in [6.07, 6.45) is 20.1. The van der Waals surface area contributed by atoms with E-state index in [0.717, 1.165) is 32.1 Å². The Balaban J connectivity index is 1.68. The third-order valence-electron chi connectivity index (χ3n) is 7.22. The number of nitrogens with two attached hydrogens (primary N) is 1. The molecule has 236 valence electrons. The molecule has 1 amide bonds. The van der Waals surface area contributed by atoms with E-state index in [4.69, 9.17) is 15.2 Å². The van der Waals surface area contributed by atoms with Crippen LogP contribution in [0.1, 0.15) is 111 Å². The maximum atomic E-state index is 12.6. The van der Waals surface area contributed by atoms with Crippen LogP contribution in [0.5, 0.6) is 0 Å². The third-order valence-corrected chi connectivity index (χ3v) is 7.22. The van der Waals surface area contributed by atoms with Crippen molar-refractivity contribution < 1.29 is 23.9 Å². The topological polar surface area (TPSA) is 157 Å². The summed E-state index contributed by atoms with van der Waals surface area (Å²) < 4.78 is 10.8. The molecule has 2 heterocycles. The van der Waals surface area contributed by atoms with Crippen LogP contribution >= 0.6 is 0 Å². The largest absolute Gasteiger partial charge is 0.465 e. The summed E-state index contributed by atoms with van der Waals surface area (Å²) in [6, 6.07) is -0.644. The highest BCUT2D eigenvalue weighted by molar-refractivity contribution is 6.69. The van der Waals surface area contributed by atoms with Crippen LogP contribution in [0, 0.1) is 5.92 Å². The van der Waals surface area contributed by atoms with E-state index in [-0.39, 0.29) is 36.6 Å². The third kappa shape index (κ3) is 13.4. The lowest BCUT2D eigenvalue weighted by Crippen LogP contribution is -2.65. The fourth-order valence-electron chi connectivity index (χ4n) is 4.47. The molecule has 2 atom stereocenters. The van der Waals surface area contributed by atoms with Crippen molar-refractivity contribution in [3.05, 3.63) is 12.2 Å². The average molecular weight is 589 g/mol. The van der Waals surface area contributed by atoms with Gasteiger partial charge in [0.15, 0.2) is 11.5 Å². The minimum Gasteiger partial charge on any atom is -0.465 e. The predicted molar refractivity (Wildman–Crippen MR) is 166 cm³/mol. The van der Waals surface area contributed by atoms with E-state index >= 15 is 0 Å². The first-order chi connectivity index (χ1) is 20.3. The number of amides is 1. The molecule has 2 rings (SSSR count). The summed E-state index contributed by atoms with van der Waals surface area (Å²) in [5.74, 6) is -2.33. The zero-order valence-corrected chi connectivity index (χ0v) is 25.9. The fourth-order valence-corrected chi connectivity index (χ4v) is 4.47. The molecule has 1 unspecified atom stereocenters. The Hall–Kier alpha value is -2.92. The van der Waals surface area contributed by atoms with Gasteiger partial charge in [-0.1, -0.05) is 71.4 Å². The maximum Gasteiger partial charge on any atom is 0.323 e. The molecular formula is C31H52N6O5. The Morgan fingerprint density at radius 2 is 1.69 bits per heavy atom. The molecule has 2 aliphatic rings. The maximum absolute atomic E-state index is 12.6. The number of hydrogen-bond acceptors (Lipinski definition) is 10. The summed E-state index contributed by atoms with van der Waals surface area (Å²) >= 11 is 0. The zero-order valence-electron chi connectivity index (χ0n) is 25.9. The lowest BCUT2D eigenvalue weighted by Gasteiger charge is -2.34. The first-order valence-electron chi connectivity index (χ1n) is 15.8. The van der Waals surface area contributed by atoms with Crippen molar-refractivity contribution >= 4 is 35.7 Å². The summed E-state index contributed by atoms with van der Waals surface area (Å²) in [6.45, 7) is 6.45. The van der Waals surface area contributed by atoms with Crippen LogP contribution in [-0.2, 0) is 23.9 Å². The fraction of sp³-hybridized carbons (Fsp3) is 0.742. The Kier molecular flexibility index (Phi) is 16.9. The van der Waals surface area contributed by atoms with Gasteiger partial charge >= 0.3 is 11.9 Å². The number of fused-ring (bicyclic) bond motifs is 1. The van der Waals surface area contributed by atoms with E-state index in [2.05, 4.69) is 44.7 Å². The van der Waals surface area contributed by atoms with Crippen LogP contribution < -0.4 is 16.4 Å².